The van der Waals surface area contributed by atoms with Crippen molar-refractivity contribution in [1.82, 2.24) is 10.3 Å². The molecule has 0 radical (unpaired) electrons. The SMILES string of the molecule is O=C(Cc1cccs1)NC(c1ccncc1)c1ccc(F)cc1. The second-order valence-electron chi connectivity index (χ2n) is 5.09. The fourth-order valence-corrected chi connectivity index (χ4v) is 3.06. The van der Waals surface area contributed by atoms with Gasteiger partial charge in [-0.3, -0.25) is 9.78 Å². The molecular formula is C18H15FN2OS. The van der Waals surface area contributed by atoms with Crippen molar-refractivity contribution in [3.05, 3.63) is 88.1 Å². The van der Waals surface area contributed by atoms with E-state index in [1.165, 1.54) is 12.1 Å². The molecule has 116 valence electrons. The Kier molecular flexibility index (Phi) is 4.78. The molecule has 3 aromatic rings. The van der Waals surface area contributed by atoms with Gasteiger partial charge in [-0.15, -0.1) is 11.3 Å². The molecule has 3 rings (SSSR count). The van der Waals surface area contributed by atoms with Gasteiger partial charge in [-0.25, -0.2) is 4.39 Å². The molecule has 2 aromatic heterocycles. The van der Waals surface area contributed by atoms with Crippen molar-refractivity contribution in [2.45, 2.75) is 12.5 Å². The number of pyridine rings is 1. The van der Waals surface area contributed by atoms with E-state index in [4.69, 9.17) is 0 Å². The molecule has 0 aliphatic carbocycles. The summed E-state index contributed by atoms with van der Waals surface area (Å²) < 4.78 is 13.2. The van der Waals surface area contributed by atoms with Crippen molar-refractivity contribution in [2.24, 2.45) is 0 Å². The summed E-state index contributed by atoms with van der Waals surface area (Å²) in [7, 11) is 0. The average Bonchev–Trinajstić information content (AvgIpc) is 3.07. The molecule has 1 atom stereocenters. The highest BCUT2D eigenvalue weighted by Gasteiger charge is 2.17. The van der Waals surface area contributed by atoms with Crippen molar-refractivity contribution >= 4 is 17.2 Å². The second kappa shape index (κ2) is 7.15. The van der Waals surface area contributed by atoms with Crippen LogP contribution in [0.3, 0.4) is 0 Å². The quantitative estimate of drug-likeness (QED) is 0.776. The topological polar surface area (TPSA) is 42.0 Å². The van der Waals surface area contributed by atoms with Gasteiger partial charge in [0, 0.05) is 17.3 Å². The fourth-order valence-electron chi connectivity index (χ4n) is 2.35. The standard InChI is InChI=1S/C18H15FN2OS/c19-15-5-3-13(4-6-15)18(14-7-9-20-10-8-14)21-17(22)12-16-2-1-11-23-16/h1-11,18H,12H2,(H,21,22). The Labute approximate surface area is 137 Å². The Morgan fingerprint density at radius 3 is 2.43 bits per heavy atom. The molecule has 0 saturated heterocycles. The molecule has 23 heavy (non-hydrogen) atoms. The molecule has 0 saturated carbocycles. The lowest BCUT2D eigenvalue weighted by Crippen LogP contribution is -2.30. The molecule has 0 bridgehead atoms. The van der Waals surface area contributed by atoms with Crippen LogP contribution in [0.15, 0.2) is 66.3 Å². The average molecular weight is 326 g/mol. The number of benzene rings is 1. The van der Waals surface area contributed by atoms with E-state index < -0.39 is 0 Å². The molecule has 1 aromatic carbocycles. The molecule has 0 spiro atoms. The number of hydrogen-bond acceptors (Lipinski definition) is 3. The van der Waals surface area contributed by atoms with E-state index in [1.54, 1.807) is 35.9 Å². The zero-order chi connectivity index (χ0) is 16.1. The first-order chi connectivity index (χ1) is 11.2. The third-order valence-corrected chi connectivity index (χ3v) is 4.34. The lowest BCUT2D eigenvalue weighted by Gasteiger charge is -2.19. The van der Waals surface area contributed by atoms with Gasteiger partial charge < -0.3 is 5.32 Å². The normalized spacial score (nSPS) is 11.9. The van der Waals surface area contributed by atoms with Gasteiger partial charge in [0.1, 0.15) is 5.82 Å². The first kappa shape index (κ1) is 15.4. The first-order valence-electron chi connectivity index (χ1n) is 7.19. The van der Waals surface area contributed by atoms with Crippen LogP contribution in [-0.2, 0) is 11.2 Å². The zero-order valence-corrected chi connectivity index (χ0v) is 13.1. The van der Waals surface area contributed by atoms with Crippen LogP contribution in [0.25, 0.3) is 0 Å². The fraction of sp³-hybridized carbons (Fsp3) is 0.111. The van der Waals surface area contributed by atoms with Crippen LogP contribution in [0.2, 0.25) is 0 Å². The van der Waals surface area contributed by atoms with Gasteiger partial charge in [0.25, 0.3) is 0 Å². The monoisotopic (exact) mass is 326 g/mol. The summed E-state index contributed by atoms with van der Waals surface area (Å²) in [6, 6.07) is 13.4. The number of hydrogen-bond donors (Lipinski definition) is 1. The number of nitrogens with zero attached hydrogens (tertiary/aromatic N) is 1. The molecule has 0 fully saturated rings. The Morgan fingerprint density at radius 2 is 1.78 bits per heavy atom. The summed E-state index contributed by atoms with van der Waals surface area (Å²) in [5.74, 6) is -0.370. The van der Waals surface area contributed by atoms with E-state index in [0.717, 1.165) is 16.0 Å². The lowest BCUT2D eigenvalue weighted by atomic mass is 9.99. The zero-order valence-electron chi connectivity index (χ0n) is 12.3. The third kappa shape index (κ3) is 4.02. The van der Waals surface area contributed by atoms with Crippen LogP contribution < -0.4 is 5.32 Å². The Morgan fingerprint density at radius 1 is 1.09 bits per heavy atom. The minimum absolute atomic E-state index is 0.0708. The number of amides is 1. The van der Waals surface area contributed by atoms with Gasteiger partial charge in [0.05, 0.1) is 12.5 Å². The van der Waals surface area contributed by atoms with Crippen LogP contribution in [0.4, 0.5) is 4.39 Å². The number of rotatable bonds is 5. The maximum atomic E-state index is 13.2. The summed E-state index contributed by atoms with van der Waals surface area (Å²) in [6.07, 6.45) is 3.69. The van der Waals surface area contributed by atoms with E-state index in [1.807, 2.05) is 29.6 Å². The molecular weight excluding hydrogens is 311 g/mol. The maximum Gasteiger partial charge on any atom is 0.226 e. The van der Waals surface area contributed by atoms with Crippen molar-refractivity contribution in [1.29, 1.82) is 0 Å². The highest BCUT2D eigenvalue weighted by atomic mass is 32.1. The minimum Gasteiger partial charge on any atom is -0.345 e. The molecule has 3 nitrogen and oxygen atoms in total. The van der Waals surface area contributed by atoms with Crippen molar-refractivity contribution in [3.8, 4) is 0 Å². The predicted molar refractivity (Wildman–Crippen MR) is 88.6 cm³/mol. The smallest absolute Gasteiger partial charge is 0.226 e. The Hall–Kier alpha value is -2.53. The van der Waals surface area contributed by atoms with Gasteiger partial charge in [-0.2, -0.15) is 0 Å². The molecule has 1 unspecified atom stereocenters. The number of carbonyl (C=O) groups excluding carboxylic acids is 1. The van der Waals surface area contributed by atoms with Crippen LogP contribution in [0.1, 0.15) is 22.0 Å². The Bertz CT molecular complexity index is 757. The summed E-state index contributed by atoms with van der Waals surface area (Å²) in [5, 5.41) is 4.97. The van der Waals surface area contributed by atoms with Crippen LogP contribution in [-0.4, -0.2) is 10.9 Å². The van der Waals surface area contributed by atoms with E-state index in [0.29, 0.717) is 6.42 Å². The Balaban J connectivity index is 1.83. The number of aromatic nitrogens is 1. The van der Waals surface area contributed by atoms with Gasteiger partial charge >= 0.3 is 0 Å². The highest BCUT2D eigenvalue weighted by Crippen LogP contribution is 2.22. The molecule has 1 amide bonds. The van der Waals surface area contributed by atoms with E-state index in [9.17, 15) is 9.18 Å². The highest BCUT2D eigenvalue weighted by molar-refractivity contribution is 7.10. The summed E-state index contributed by atoms with van der Waals surface area (Å²) in [4.78, 5) is 17.4. The van der Waals surface area contributed by atoms with Crippen molar-refractivity contribution in [2.75, 3.05) is 0 Å². The van der Waals surface area contributed by atoms with Crippen LogP contribution in [0, 0.1) is 5.82 Å². The summed E-state index contributed by atoms with van der Waals surface area (Å²) in [6.45, 7) is 0. The van der Waals surface area contributed by atoms with Crippen molar-refractivity contribution in [3.63, 3.8) is 0 Å². The van der Waals surface area contributed by atoms with Gasteiger partial charge in [-0.05, 0) is 46.8 Å². The number of carbonyl (C=O) groups is 1. The molecule has 2 heterocycles. The van der Waals surface area contributed by atoms with Gasteiger partial charge in [0.2, 0.25) is 5.91 Å². The van der Waals surface area contributed by atoms with Crippen molar-refractivity contribution < 1.29 is 9.18 Å². The summed E-state index contributed by atoms with van der Waals surface area (Å²) in [5.41, 5.74) is 1.74. The third-order valence-electron chi connectivity index (χ3n) is 3.46. The molecule has 5 heteroatoms. The number of thiophene rings is 1. The predicted octanol–water partition coefficient (Wildman–Crippen LogP) is 3.73. The number of nitrogens with one attached hydrogen (secondary N) is 1. The molecule has 1 N–H and O–H groups in total. The minimum atomic E-state index is -0.328. The lowest BCUT2D eigenvalue weighted by molar-refractivity contribution is -0.120. The maximum absolute atomic E-state index is 13.2. The van der Waals surface area contributed by atoms with E-state index in [-0.39, 0.29) is 17.8 Å². The van der Waals surface area contributed by atoms with E-state index in [2.05, 4.69) is 10.3 Å². The molecule has 0 aliphatic heterocycles. The van der Waals surface area contributed by atoms with Gasteiger partial charge in [-0.1, -0.05) is 18.2 Å². The van der Waals surface area contributed by atoms with Crippen LogP contribution in [0.5, 0.6) is 0 Å². The largest absolute Gasteiger partial charge is 0.345 e. The van der Waals surface area contributed by atoms with E-state index >= 15 is 0 Å². The second-order valence-corrected chi connectivity index (χ2v) is 6.12. The molecule has 0 aliphatic rings. The summed E-state index contributed by atoms with van der Waals surface area (Å²) >= 11 is 1.55. The first-order valence-corrected chi connectivity index (χ1v) is 8.07. The van der Waals surface area contributed by atoms with Gasteiger partial charge in [0.15, 0.2) is 0 Å². The number of halogens is 1. The van der Waals surface area contributed by atoms with Crippen LogP contribution >= 0.6 is 11.3 Å².